The van der Waals surface area contributed by atoms with Gasteiger partial charge in [0.1, 0.15) is 24.4 Å². The molecule has 0 amide bonds. The van der Waals surface area contributed by atoms with Gasteiger partial charge >= 0.3 is 23.1 Å². The maximum absolute atomic E-state index is 9.96. The molecule has 0 saturated carbocycles. The van der Waals surface area contributed by atoms with Gasteiger partial charge in [-0.1, -0.05) is 0 Å². The van der Waals surface area contributed by atoms with E-state index in [1.807, 2.05) is 0 Å². The quantitative estimate of drug-likeness (QED) is 0.340. The Kier molecular flexibility index (Phi) is 7.83. The van der Waals surface area contributed by atoms with Gasteiger partial charge in [0.15, 0.2) is 0 Å². The average Bonchev–Trinajstić information content (AvgIpc) is 2.12. The standard InChI is InChI=1S/C6H10O8.Mg/c7-1(3(9)5(11)12)2(8)4(10)6(13)14;/h1-4,7-10H,(H,11,12)(H,13,14);/q;+2/p-2/t1-,2-,3-,4+;/m0./s1. The summed E-state index contributed by atoms with van der Waals surface area (Å²) in [6.45, 7) is 0. The molecule has 0 aliphatic rings. The van der Waals surface area contributed by atoms with Gasteiger partial charge < -0.3 is 40.2 Å². The summed E-state index contributed by atoms with van der Waals surface area (Å²) in [5, 5.41) is 54.7. The van der Waals surface area contributed by atoms with Gasteiger partial charge in [-0.2, -0.15) is 0 Å². The van der Waals surface area contributed by atoms with Crippen LogP contribution < -0.4 is 10.2 Å². The van der Waals surface area contributed by atoms with E-state index in [9.17, 15) is 19.8 Å². The van der Waals surface area contributed by atoms with Crippen molar-refractivity contribution in [2.24, 2.45) is 0 Å². The van der Waals surface area contributed by atoms with Crippen LogP contribution in [-0.2, 0) is 9.59 Å². The van der Waals surface area contributed by atoms with Crippen LogP contribution >= 0.6 is 0 Å². The van der Waals surface area contributed by atoms with Gasteiger partial charge in [0.25, 0.3) is 0 Å². The topological polar surface area (TPSA) is 161 Å². The molecule has 0 aliphatic carbocycles. The first kappa shape index (κ1) is 17.0. The molecule has 0 fully saturated rings. The largest absolute Gasteiger partial charge is 2.00 e. The third-order valence-electron chi connectivity index (χ3n) is 1.48. The van der Waals surface area contributed by atoms with Crippen molar-refractivity contribution in [1.29, 1.82) is 0 Å². The molecule has 0 aromatic carbocycles. The maximum Gasteiger partial charge on any atom is 2.00 e. The Labute approximate surface area is 99.9 Å². The van der Waals surface area contributed by atoms with E-state index < -0.39 is 36.4 Å². The van der Waals surface area contributed by atoms with Crippen LogP contribution in [0.15, 0.2) is 0 Å². The molecule has 0 aromatic heterocycles. The number of carbonyl (C=O) groups is 2. The SMILES string of the molecule is O=C([O-])[C@@H](O)[C@@H](O)[C@H](O)[C@@H](O)C(=O)[O-].[Mg+2]. The smallest absolute Gasteiger partial charge is 0.547 e. The van der Waals surface area contributed by atoms with Crippen molar-refractivity contribution in [3.05, 3.63) is 0 Å². The normalized spacial score (nSPS) is 18.1. The first-order valence-electron chi connectivity index (χ1n) is 3.43. The molecule has 82 valence electrons. The van der Waals surface area contributed by atoms with Crippen molar-refractivity contribution in [1.82, 2.24) is 0 Å². The number of rotatable bonds is 5. The fraction of sp³-hybridized carbons (Fsp3) is 0.667. The van der Waals surface area contributed by atoms with Crippen molar-refractivity contribution in [2.75, 3.05) is 0 Å². The Balaban J connectivity index is 0. The van der Waals surface area contributed by atoms with E-state index in [1.54, 1.807) is 0 Å². The van der Waals surface area contributed by atoms with Crippen molar-refractivity contribution in [2.45, 2.75) is 24.4 Å². The Morgan fingerprint density at radius 2 is 1.00 bits per heavy atom. The van der Waals surface area contributed by atoms with Gasteiger partial charge in [0.2, 0.25) is 0 Å². The molecular formula is C6H8MgO8. The molecule has 0 rings (SSSR count). The van der Waals surface area contributed by atoms with E-state index >= 15 is 0 Å². The second-order valence-electron chi connectivity index (χ2n) is 2.51. The minimum absolute atomic E-state index is 0. The van der Waals surface area contributed by atoms with Crippen molar-refractivity contribution in [3.63, 3.8) is 0 Å². The van der Waals surface area contributed by atoms with Crippen molar-refractivity contribution >= 4 is 35.0 Å². The number of aliphatic hydroxyl groups is 4. The van der Waals surface area contributed by atoms with Crippen LogP contribution in [-0.4, -0.2) is 79.8 Å². The molecule has 4 N–H and O–H groups in total. The molecule has 9 heteroatoms. The summed E-state index contributed by atoms with van der Waals surface area (Å²) >= 11 is 0. The molecule has 0 aliphatic heterocycles. The molecule has 15 heavy (non-hydrogen) atoms. The third-order valence-corrected chi connectivity index (χ3v) is 1.48. The van der Waals surface area contributed by atoms with Gasteiger partial charge in [-0.3, -0.25) is 0 Å². The first-order chi connectivity index (χ1) is 6.29. The van der Waals surface area contributed by atoms with Crippen molar-refractivity contribution in [3.8, 4) is 0 Å². The molecule has 0 bridgehead atoms. The summed E-state index contributed by atoms with van der Waals surface area (Å²) in [5.74, 6) is -4.22. The van der Waals surface area contributed by atoms with Crippen LogP contribution in [0.25, 0.3) is 0 Å². The predicted molar refractivity (Wildman–Crippen MR) is 39.8 cm³/mol. The molecule has 0 unspecified atom stereocenters. The Bertz CT molecular complexity index is 207. The molecule has 0 saturated heterocycles. The van der Waals surface area contributed by atoms with E-state index in [0.717, 1.165) is 0 Å². The van der Waals surface area contributed by atoms with Crippen LogP contribution in [0.5, 0.6) is 0 Å². The van der Waals surface area contributed by atoms with Crippen LogP contribution in [0.1, 0.15) is 0 Å². The van der Waals surface area contributed by atoms with E-state index in [0.29, 0.717) is 0 Å². The van der Waals surface area contributed by atoms with E-state index in [1.165, 1.54) is 0 Å². The van der Waals surface area contributed by atoms with Crippen molar-refractivity contribution < 1.29 is 40.2 Å². The maximum atomic E-state index is 9.96. The summed E-state index contributed by atoms with van der Waals surface area (Å²) in [6, 6.07) is 0. The molecule has 0 radical (unpaired) electrons. The minimum Gasteiger partial charge on any atom is -0.547 e. The fourth-order valence-corrected chi connectivity index (χ4v) is 0.652. The van der Waals surface area contributed by atoms with Gasteiger partial charge in [0, 0.05) is 0 Å². The molecule has 0 heterocycles. The molecule has 0 aromatic rings. The van der Waals surface area contributed by atoms with E-state index in [4.69, 9.17) is 20.4 Å². The number of hydrogen-bond donors (Lipinski definition) is 4. The molecule has 0 spiro atoms. The van der Waals surface area contributed by atoms with Gasteiger partial charge in [0.05, 0.1) is 11.9 Å². The summed E-state index contributed by atoms with van der Waals surface area (Å²) in [7, 11) is 0. The fourth-order valence-electron chi connectivity index (χ4n) is 0.652. The van der Waals surface area contributed by atoms with Gasteiger partial charge in [-0.15, -0.1) is 0 Å². The summed E-state index contributed by atoms with van der Waals surface area (Å²) in [5.41, 5.74) is 0. The van der Waals surface area contributed by atoms with Crippen LogP contribution in [0.4, 0.5) is 0 Å². The Hall–Kier alpha value is -0.454. The second-order valence-corrected chi connectivity index (χ2v) is 2.51. The number of carbonyl (C=O) groups excluding carboxylic acids is 2. The minimum atomic E-state index is -2.50. The zero-order valence-electron chi connectivity index (χ0n) is 7.44. The van der Waals surface area contributed by atoms with Crippen LogP contribution in [0.2, 0.25) is 0 Å². The number of carboxylic acids is 2. The summed E-state index contributed by atoms with van der Waals surface area (Å²) < 4.78 is 0. The van der Waals surface area contributed by atoms with E-state index in [2.05, 4.69) is 0 Å². The monoisotopic (exact) mass is 232 g/mol. The van der Waals surface area contributed by atoms with Gasteiger partial charge in [-0.25, -0.2) is 0 Å². The number of aliphatic carboxylic acids is 2. The predicted octanol–water partition coefficient (Wildman–Crippen LogP) is -6.45. The number of carboxylic acid groups (broad SMARTS) is 2. The zero-order valence-corrected chi connectivity index (χ0v) is 8.85. The average molecular weight is 232 g/mol. The molecular weight excluding hydrogens is 224 g/mol. The Morgan fingerprint density at radius 3 is 1.13 bits per heavy atom. The summed E-state index contributed by atoms with van der Waals surface area (Å²) in [6.07, 6.45) is -9.76. The van der Waals surface area contributed by atoms with Crippen LogP contribution in [0, 0.1) is 0 Å². The third kappa shape index (κ3) is 4.73. The summed E-state index contributed by atoms with van der Waals surface area (Å²) in [4.78, 5) is 19.9. The number of hydrogen-bond acceptors (Lipinski definition) is 8. The molecule has 4 atom stereocenters. The molecule has 8 nitrogen and oxygen atoms in total. The Morgan fingerprint density at radius 1 is 0.800 bits per heavy atom. The zero-order chi connectivity index (χ0) is 11.5. The second kappa shape index (κ2) is 6.93. The van der Waals surface area contributed by atoms with E-state index in [-0.39, 0.29) is 23.1 Å². The van der Waals surface area contributed by atoms with Crippen LogP contribution in [0.3, 0.4) is 0 Å². The number of aliphatic hydroxyl groups excluding tert-OH is 4. The first-order valence-corrected chi connectivity index (χ1v) is 3.43. The van der Waals surface area contributed by atoms with Gasteiger partial charge in [-0.05, 0) is 0 Å².